The lowest BCUT2D eigenvalue weighted by atomic mass is 9.98. The Bertz CT molecular complexity index is 675. The first-order valence-corrected chi connectivity index (χ1v) is 6.79. The van der Waals surface area contributed by atoms with Gasteiger partial charge in [-0.2, -0.15) is 0 Å². The van der Waals surface area contributed by atoms with Crippen LogP contribution in [0.1, 0.15) is 11.1 Å². The van der Waals surface area contributed by atoms with E-state index >= 15 is 0 Å². The minimum Gasteiger partial charge on any atom is -0.466 e. The second-order valence-corrected chi connectivity index (χ2v) is 4.76. The Hall–Kier alpha value is -2.55. The highest BCUT2D eigenvalue weighted by Gasteiger charge is 2.03. The van der Waals surface area contributed by atoms with Crippen LogP contribution in [0.15, 0.2) is 48.5 Å². The van der Waals surface area contributed by atoms with Crippen molar-refractivity contribution in [1.82, 2.24) is 0 Å². The molecular formula is C18H19NO2. The largest absolute Gasteiger partial charge is 0.466 e. The highest BCUT2D eigenvalue weighted by molar-refractivity contribution is 5.87. The zero-order chi connectivity index (χ0) is 15.2. The Morgan fingerprint density at radius 3 is 2.67 bits per heavy atom. The highest BCUT2D eigenvalue weighted by atomic mass is 16.5. The van der Waals surface area contributed by atoms with Crippen LogP contribution in [-0.4, -0.2) is 20.1 Å². The maximum absolute atomic E-state index is 11.1. The van der Waals surface area contributed by atoms with Gasteiger partial charge in [0, 0.05) is 18.8 Å². The summed E-state index contributed by atoms with van der Waals surface area (Å²) in [6.07, 6.45) is 3.18. The first-order chi connectivity index (χ1) is 10.1. The average Bonchev–Trinajstić information content (AvgIpc) is 2.52. The normalized spacial score (nSPS) is 10.6. The topological polar surface area (TPSA) is 38.3 Å². The molecular weight excluding hydrogens is 262 g/mol. The van der Waals surface area contributed by atoms with Crippen LogP contribution in [0.3, 0.4) is 0 Å². The minimum atomic E-state index is -0.349. The van der Waals surface area contributed by atoms with E-state index in [-0.39, 0.29) is 5.97 Å². The Kier molecular flexibility index (Phi) is 4.77. The van der Waals surface area contributed by atoms with Gasteiger partial charge < -0.3 is 10.1 Å². The fourth-order valence-corrected chi connectivity index (χ4v) is 2.19. The van der Waals surface area contributed by atoms with Gasteiger partial charge in [0.15, 0.2) is 0 Å². The van der Waals surface area contributed by atoms with Crippen molar-refractivity contribution in [3.63, 3.8) is 0 Å². The number of methoxy groups -OCH3 is 1. The zero-order valence-electron chi connectivity index (χ0n) is 12.5. The van der Waals surface area contributed by atoms with Crippen molar-refractivity contribution < 1.29 is 9.53 Å². The van der Waals surface area contributed by atoms with Crippen molar-refractivity contribution >= 4 is 17.7 Å². The Balaban J connectivity index is 2.30. The molecule has 0 aliphatic rings. The van der Waals surface area contributed by atoms with Gasteiger partial charge >= 0.3 is 5.97 Å². The summed E-state index contributed by atoms with van der Waals surface area (Å²) in [5, 5.41) is 3.14. The van der Waals surface area contributed by atoms with Crippen molar-refractivity contribution in [2.75, 3.05) is 19.5 Å². The lowest BCUT2D eigenvalue weighted by Gasteiger charge is -2.09. The first-order valence-electron chi connectivity index (χ1n) is 6.79. The van der Waals surface area contributed by atoms with Gasteiger partial charge in [0.25, 0.3) is 0 Å². The fraction of sp³-hybridized carbons (Fsp3) is 0.167. The molecule has 0 aromatic heterocycles. The van der Waals surface area contributed by atoms with Gasteiger partial charge in [0.1, 0.15) is 0 Å². The maximum atomic E-state index is 11.1. The molecule has 3 nitrogen and oxygen atoms in total. The Morgan fingerprint density at radius 1 is 1.19 bits per heavy atom. The second-order valence-electron chi connectivity index (χ2n) is 4.76. The van der Waals surface area contributed by atoms with Crippen LogP contribution in [-0.2, 0) is 9.53 Å². The number of aryl methyl sites for hydroxylation is 1. The molecule has 3 heteroatoms. The van der Waals surface area contributed by atoms with E-state index in [0.717, 1.165) is 16.8 Å². The van der Waals surface area contributed by atoms with Gasteiger partial charge in [0.2, 0.25) is 0 Å². The molecule has 0 aliphatic heterocycles. The lowest BCUT2D eigenvalue weighted by molar-refractivity contribution is -0.134. The van der Waals surface area contributed by atoms with Crippen molar-refractivity contribution in [3.05, 3.63) is 59.7 Å². The third-order valence-corrected chi connectivity index (χ3v) is 3.33. The molecule has 0 unspecified atom stereocenters. The number of esters is 1. The number of ether oxygens (including phenoxy) is 1. The van der Waals surface area contributed by atoms with Crippen molar-refractivity contribution in [2.45, 2.75) is 6.92 Å². The fourth-order valence-electron chi connectivity index (χ4n) is 2.19. The smallest absolute Gasteiger partial charge is 0.330 e. The molecule has 0 heterocycles. The van der Waals surface area contributed by atoms with Crippen molar-refractivity contribution in [1.29, 1.82) is 0 Å². The molecule has 0 saturated carbocycles. The van der Waals surface area contributed by atoms with Gasteiger partial charge in [-0.05, 0) is 47.4 Å². The molecule has 0 amide bonds. The molecule has 2 aromatic rings. The molecule has 0 atom stereocenters. The van der Waals surface area contributed by atoms with E-state index in [0.29, 0.717) is 0 Å². The molecule has 21 heavy (non-hydrogen) atoms. The molecule has 0 radical (unpaired) electrons. The number of hydrogen-bond acceptors (Lipinski definition) is 3. The van der Waals surface area contributed by atoms with Crippen LogP contribution in [0, 0.1) is 6.92 Å². The summed E-state index contributed by atoms with van der Waals surface area (Å²) in [5.41, 5.74) is 5.58. The van der Waals surface area contributed by atoms with E-state index in [1.807, 2.05) is 25.2 Å². The predicted octanol–water partition coefficient (Wildman–Crippen LogP) is 3.89. The highest BCUT2D eigenvalue weighted by Crippen LogP contribution is 2.26. The summed E-state index contributed by atoms with van der Waals surface area (Å²) >= 11 is 0. The van der Waals surface area contributed by atoms with Crippen LogP contribution >= 0.6 is 0 Å². The zero-order valence-corrected chi connectivity index (χ0v) is 12.5. The van der Waals surface area contributed by atoms with Gasteiger partial charge in [-0.25, -0.2) is 4.79 Å². The molecule has 0 aliphatic carbocycles. The number of carbonyl (C=O) groups is 1. The average molecular weight is 281 g/mol. The van der Waals surface area contributed by atoms with E-state index in [2.05, 4.69) is 41.2 Å². The number of hydrogen-bond donors (Lipinski definition) is 1. The summed E-state index contributed by atoms with van der Waals surface area (Å²) in [4.78, 5) is 11.1. The third-order valence-electron chi connectivity index (χ3n) is 3.33. The van der Waals surface area contributed by atoms with Gasteiger partial charge in [-0.3, -0.25) is 0 Å². The number of carbonyl (C=O) groups excluding carboxylic acids is 1. The summed E-state index contributed by atoms with van der Waals surface area (Å²) < 4.78 is 4.59. The summed E-state index contributed by atoms with van der Waals surface area (Å²) in [6.45, 7) is 2.07. The Morgan fingerprint density at radius 2 is 2.00 bits per heavy atom. The summed E-state index contributed by atoms with van der Waals surface area (Å²) in [5.74, 6) is -0.349. The Labute approximate surface area is 125 Å². The van der Waals surface area contributed by atoms with Crippen LogP contribution in [0.25, 0.3) is 17.2 Å². The van der Waals surface area contributed by atoms with Crippen LogP contribution in [0.4, 0.5) is 5.69 Å². The van der Waals surface area contributed by atoms with Crippen molar-refractivity contribution in [3.8, 4) is 11.1 Å². The molecule has 0 bridgehead atoms. The predicted molar refractivity (Wildman–Crippen MR) is 87.2 cm³/mol. The summed E-state index contributed by atoms with van der Waals surface area (Å²) in [6, 6.07) is 14.4. The molecule has 2 aromatic carbocycles. The lowest BCUT2D eigenvalue weighted by Crippen LogP contribution is -1.93. The quantitative estimate of drug-likeness (QED) is 0.682. The number of benzene rings is 2. The van der Waals surface area contributed by atoms with E-state index in [1.54, 1.807) is 6.08 Å². The minimum absolute atomic E-state index is 0.349. The number of nitrogens with one attached hydrogen (secondary N) is 1. The van der Waals surface area contributed by atoms with E-state index < -0.39 is 0 Å². The number of rotatable bonds is 4. The maximum Gasteiger partial charge on any atom is 0.330 e. The van der Waals surface area contributed by atoms with Crippen LogP contribution in [0.2, 0.25) is 0 Å². The molecule has 0 fully saturated rings. The second kappa shape index (κ2) is 6.75. The van der Waals surface area contributed by atoms with E-state index in [1.165, 1.54) is 24.3 Å². The first kappa shape index (κ1) is 14.9. The molecule has 0 spiro atoms. The SMILES string of the molecule is CNc1cccc(-c2ccc(C=CC(=O)OC)cc2C)c1. The van der Waals surface area contributed by atoms with Crippen molar-refractivity contribution in [2.24, 2.45) is 0 Å². The molecule has 0 saturated heterocycles. The van der Waals surface area contributed by atoms with Gasteiger partial charge in [-0.1, -0.05) is 30.3 Å². The third kappa shape index (κ3) is 3.72. The van der Waals surface area contributed by atoms with E-state index in [9.17, 15) is 4.79 Å². The van der Waals surface area contributed by atoms with Gasteiger partial charge in [-0.15, -0.1) is 0 Å². The molecule has 1 N–H and O–H groups in total. The number of anilines is 1. The molecule has 108 valence electrons. The van der Waals surface area contributed by atoms with Crippen LogP contribution < -0.4 is 5.32 Å². The van der Waals surface area contributed by atoms with Gasteiger partial charge in [0.05, 0.1) is 7.11 Å². The standard InChI is InChI=1S/C18H19NO2/c1-13-11-14(8-10-18(20)21-3)7-9-17(13)15-5-4-6-16(12-15)19-2/h4-12,19H,1-3H3. The van der Waals surface area contributed by atoms with Crippen LogP contribution in [0.5, 0.6) is 0 Å². The monoisotopic (exact) mass is 281 g/mol. The van der Waals surface area contributed by atoms with E-state index in [4.69, 9.17) is 0 Å². The summed E-state index contributed by atoms with van der Waals surface area (Å²) in [7, 11) is 3.28. The molecule has 2 rings (SSSR count).